The summed E-state index contributed by atoms with van der Waals surface area (Å²) in [6.07, 6.45) is 2.36. The summed E-state index contributed by atoms with van der Waals surface area (Å²) < 4.78 is 14.1. The molecule has 1 aromatic heterocycles. The van der Waals surface area contributed by atoms with Gasteiger partial charge >= 0.3 is 0 Å². The van der Waals surface area contributed by atoms with Crippen LogP contribution in [0.4, 0.5) is 10.2 Å². The third-order valence-electron chi connectivity index (χ3n) is 3.64. The van der Waals surface area contributed by atoms with Gasteiger partial charge in [-0.3, -0.25) is 0 Å². The van der Waals surface area contributed by atoms with Gasteiger partial charge in [0.05, 0.1) is 16.2 Å². The summed E-state index contributed by atoms with van der Waals surface area (Å²) in [5.41, 5.74) is 3.05. The number of aromatic nitrogens is 2. The highest BCUT2D eigenvalue weighted by Gasteiger charge is 2.23. The fourth-order valence-corrected chi connectivity index (χ4v) is 3.27. The van der Waals surface area contributed by atoms with E-state index in [2.05, 4.69) is 49.4 Å². The van der Waals surface area contributed by atoms with E-state index in [0.29, 0.717) is 16.0 Å². The summed E-state index contributed by atoms with van der Waals surface area (Å²) in [7, 11) is 0. The Hall–Kier alpha value is -1.49. The van der Waals surface area contributed by atoms with Crippen LogP contribution in [0.2, 0.25) is 0 Å². The van der Waals surface area contributed by atoms with Crippen LogP contribution in [0.3, 0.4) is 0 Å². The lowest BCUT2D eigenvalue weighted by Crippen LogP contribution is -2.10. The Kier molecular flexibility index (Phi) is 3.70. The summed E-state index contributed by atoms with van der Waals surface area (Å²) in [4.78, 5) is 8.21. The van der Waals surface area contributed by atoms with Gasteiger partial charge in [-0.1, -0.05) is 24.3 Å². The van der Waals surface area contributed by atoms with Crippen molar-refractivity contribution >= 4 is 21.7 Å². The normalized spacial score (nSPS) is 18.6. The average molecular weight is 336 g/mol. The molecule has 1 aliphatic carbocycles. The van der Waals surface area contributed by atoms with Crippen molar-refractivity contribution in [2.75, 3.05) is 5.32 Å². The molecular weight excluding hydrogens is 321 g/mol. The highest BCUT2D eigenvalue weighted by Crippen LogP contribution is 2.36. The van der Waals surface area contributed by atoms with Crippen LogP contribution in [0, 0.1) is 0 Å². The molecule has 2 atom stereocenters. The molecule has 1 N–H and O–H groups in total. The third kappa shape index (κ3) is 2.42. The van der Waals surface area contributed by atoms with Gasteiger partial charge in [-0.25, -0.2) is 14.4 Å². The first-order chi connectivity index (χ1) is 9.66. The zero-order valence-electron chi connectivity index (χ0n) is 11.1. The summed E-state index contributed by atoms with van der Waals surface area (Å²) in [6, 6.07) is 8.61. The van der Waals surface area contributed by atoms with Crippen LogP contribution in [0.1, 0.15) is 42.4 Å². The second-order valence-electron chi connectivity index (χ2n) is 4.97. The van der Waals surface area contributed by atoms with Gasteiger partial charge < -0.3 is 5.32 Å². The number of anilines is 1. The number of alkyl halides is 1. The van der Waals surface area contributed by atoms with Crippen molar-refractivity contribution in [1.29, 1.82) is 0 Å². The second kappa shape index (κ2) is 5.48. The fraction of sp³-hybridized carbons (Fsp3) is 0.333. The summed E-state index contributed by atoms with van der Waals surface area (Å²) >= 11 is 3.40. The van der Waals surface area contributed by atoms with E-state index < -0.39 is 6.17 Å². The fourth-order valence-electron chi connectivity index (χ4n) is 2.63. The van der Waals surface area contributed by atoms with Gasteiger partial charge in [0.2, 0.25) is 0 Å². The predicted molar refractivity (Wildman–Crippen MR) is 80.4 cm³/mol. The van der Waals surface area contributed by atoms with Crippen LogP contribution in [-0.2, 0) is 6.42 Å². The topological polar surface area (TPSA) is 37.8 Å². The lowest BCUT2D eigenvalue weighted by atomic mass is 10.1. The number of hydrogen-bond acceptors (Lipinski definition) is 3. The van der Waals surface area contributed by atoms with Gasteiger partial charge in [0, 0.05) is 0 Å². The Bertz CT molecular complexity index is 630. The third-order valence-corrected chi connectivity index (χ3v) is 4.42. The quantitative estimate of drug-likeness (QED) is 0.904. The number of halogens is 2. The van der Waals surface area contributed by atoms with Crippen molar-refractivity contribution in [3.8, 4) is 0 Å². The minimum absolute atomic E-state index is 0.222. The first kappa shape index (κ1) is 13.5. The Labute approximate surface area is 125 Å². The van der Waals surface area contributed by atoms with Crippen LogP contribution >= 0.6 is 15.9 Å². The number of nitrogens with one attached hydrogen (secondary N) is 1. The Balaban J connectivity index is 1.88. The number of benzene rings is 1. The van der Waals surface area contributed by atoms with Gasteiger partial charge in [0.25, 0.3) is 0 Å². The summed E-state index contributed by atoms with van der Waals surface area (Å²) in [6.45, 7) is 1.47. The number of nitrogens with zero attached hydrogens (tertiary/aromatic N) is 2. The Morgan fingerprint density at radius 1 is 1.35 bits per heavy atom. The smallest absolute Gasteiger partial charge is 0.144 e. The van der Waals surface area contributed by atoms with E-state index in [0.717, 1.165) is 12.8 Å². The van der Waals surface area contributed by atoms with Crippen molar-refractivity contribution in [3.05, 3.63) is 51.9 Å². The molecule has 2 aromatic rings. The number of fused-ring (bicyclic) bond motifs is 1. The van der Waals surface area contributed by atoms with Crippen molar-refractivity contribution in [2.45, 2.75) is 32.0 Å². The van der Waals surface area contributed by atoms with Crippen molar-refractivity contribution in [3.63, 3.8) is 0 Å². The van der Waals surface area contributed by atoms with Crippen molar-refractivity contribution < 1.29 is 4.39 Å². The number of hydrogen-bond donors (Lipinski definition) is 1. The van der Waals surface area contributed by atoms with Gasteiger partial charge in [-0.2, -0.15) is 0 Å². The van der Waals surface area contributed by atoms with E-state index >= 15 is 0 Å². The van der Waals surface area contributed by atoms with Crippen LogP contribution in [-0.4, -0.2) is 9.97 Å². The minimum atomic E-state index is -1.12. The SMILES string of the molecule is CC(F)c1ncnc(NC2CCc3ccccc32)c1Br. The molecule has 0 saturated heterocycles. The van der Waals surface area contributed by atoms with Gasteiger partial charge in [-0.05, 0) is 46.8 Å². The van der Waals surface area contributed by atoms with Crippen LogP contribution in [0.15, 0.2) is 35.1 Å². The first-order valence-corrected chi connectivity index (χ1v) is 7.45. The zero-order chi connectivity index (χ0) is 14.1. The number of aryl methyl sites for hydroxylation is 1. The summed E-state index contributed by atoms with van der Waals surface area (Å²) in [5, 5.41) is 3.40. The molecule has 0 spiro atoms. The monoisotopic (exact) mass is 335 g/mol. The molecule has 0 aliphatic heterocycles. The standard InChI is InChI=1S/C15H15BrFN3/c1-9(17)14-13(16)15(19-8-18-14)20-12-7-6-10-4-2-3-5-11(10)12/h2-5,8-9,12H,6-7H2,1H3,(H,18,19,20). The molecular formula is C15H15BrFN3. The molecule has 0 fully saturated rings. The van der Waals surface area contributed by atoms with Crippen LogP contribution in [0.5, 0.6) is 0 Å². The molecule has 0 bridgehead atoms. The van der Waals surface area contributed by atoms with E-state index in [9.17, 15) is 4.39 Å². The molecule has 0 radical (unpaired) electrons. The molecule has 104 valence electrons. The zero-order valence-corrected chi connectivity index (χ0v) is 12.7. The van der Waals surface area contributed by atoms with E-state index in [-0.39, 0.29) is 6.04 Å². The lowest BCUT2D eigenvalue weighted by molar-refractivity contribution is 0.364. The molecule has 1 heterocycles. The minimum Gasteiger partial charge on any atom is -0.362 e. The Morgan fingerprint density at radius 3 is 2.95 bits per heavy atom. The molecule has 3 nitrogen and oxygen atoms in total. The van der Waals surface area contributed by atoms with Crippen LogP contribution < -0.4 is 5.32 Å². The average Bonchev–Trinajstić information content (AvgIpc) is 2.84. The maximum atomic E-state index is 13.5. The molecule has 0 amide bonds. The Morgan fingerprint density at radius 2 is 2.15 bits per heavy atom. The maximum Gasteiger partial charge on any atom is 0.144 e. The van der Waals surface area contributed by atoms with E-state index in [4.69, 9.17) is 0 Å². The van der Waals surface area contributed by atoms with Gasteiger partial charge in [0.1, 0.15) is 18.3 Å². The largest absolute Gasteiger partial charge is 0.362 e. The number of rotatable bonds is 3. The summed E-state index contributed by atoms with van der Waals surface area (Å²) in [5.74, 6) is 0.654. The lowest BCUT2D eigenvalue weighted by Gasteiger charge is -2.17. The highest BCUT2D eigenvalue weighted by atomic mass is 79.9. The molecule has 5 heteroatoms. The molecule has 3 rings (SSSR count). The van der Waals surface area contributed by atoms with E-state index in [1.165, 1.54) is 24.4 Å². The maximum absolute atomic E-state index is 13.5. The molecule has 0 saturated carbocycles. The highest BCUT2D eigenvalue weighted by molar-refractivity contribution is 9.10. The van der Waals surface area contributed by atoms with E-state index in [1.54, 1.807) is 0 Å². The molecule has 1 aliphatic rings. The van der Waals surface area contributed by atoms with Gasteiger partial charge in [-0.15, -0.1) is 0 Å². The molecule has 2 unspecified atom stereocenters. The first-order valence-electron chi connectivity index (χ1n) is 6.65. The van der Waals surface area contributed by atoms with Crippen molar-refractivity contribution in [2.24, 2.45) is 0 Å². The van der Waals surface area contributed by atoms with E-state index in [1.807, 2.05) is 6.07 Å². The molecule has 20 heavy (non-hydrogen) atoms. The molecule has 1 aromatic carbocycles. The van der Waals surface area contributed by atoms with Gasteiger partial charge in [0.15, 0.2) is 0 Å². The van der Waals surface area contributed by atoms with Crippen LogP contribution in [0.25, 0.3) is 0 Å². The second-order valence-corrected chi connectivity index (χ2v) is 5.76. The predicted octanol–water partition coefficient (Wildman–Crippen LogP) is 4.37. The van der Waals surface area contributed by atoms with Crippen molar-refractivity contribution in [1.82, 2.24) is 9.97 Å².